The first-order valence-corrected chi connectivity index (χ1v) is 7.14. The molecule has 8 heteroatoms. The zero-order valence-corrected chi connectivity index (χ0v) is 12.6. The van der Waals surface area contributed by atoms with Crippen LogP contribution < -0.4 is 4.90 Å². The van der Waals surface area contributed by atoms with E-state index in [2.05, 4.69) is 10.3 Å². The monoisotopic (exact) mass is 324 g/mol. The second-order valence-electron chi connectivity index (χ2n) is 5.02. The lowest BCUT2D eigenvalue weighted by atomic mass is 10.2. The third-order valence-corrected chi connectivity index (χ3v) is 3.87. The van der Waals surface area contributed by atoms with E-state index in [1.165, 1.54) is 21.7 Å². The van der Waals surface area contributed by atoms with Crippen LogP contribution in [0.15, 0.2) is 24.4 Å². The molecule has 0 N–H and O–H groups in total. The first kappa shape index (κ1) is 14.9. The van der Waals surface area contributed by atoms with E-state index >= 15 is 0 Å². The Bertz CT molecular complexity index is 706. The Kier molecular flexibility index (Phi) is 4.08. The smallest absolute Gasteiger partial charge is 0.251 e. The highest BCUT2D eigenvalue weighted by Gasteiger charge is 2.35. The van der Waals surface area contributed by atoms with Crippen molar-refractivity contribution in [2.24, 2.45) is 0 Å². The van der Waals surface area contributed by atoms with E-state index < -0.39 is 11.9 Å². The molecule has 22 heavy (non-hydrogen) atoms. The third kappa shape index (κ3) is 2.69. The number of anilines is 1. The average molecular weight is 325 g/mol. The molecule has 1 atom stereocenters. The van der Waals surface area contributed by atoms with Gasteiger partial charge in [-0.15, -0.1) is 5.10 Å². The van der Waals surface area contributed by atoms with Crippen molar-refractivity contribution < 1.29 is 13.9 Å². The van der Waals surface area contributed by atoms with Gasteiger partial charge in [0.25, 0.3) is 5.91 Å². The van der Waals surface area contributed by atoms with E-state index in [1.54, 1.807) is 19.4 Å². The fourth-order valence-electron chi connectivity index (χ4n) is 2.50. The molecule has 0 saturated carbocycles. The Labute approximate surface area is 131 Å². The SMILES string of the molecule is COCc1cn(C2CCN(c3ccc(Cl)c(F)c3)C2=O)nn1. The highest BCUT2D eigenvalue weighted by atomic mass is 35.5. The molecular weight excluding hydrogens is 311 g/mol. The van der Waals surface area contributed by atoms with Gasteiger partial charge in [-0.1, -0.05) is 16.8 Å². The Morgan fingerprint density at radius 1 is 1.50 bits per heavy atom. The molecule has 1 aromatic heterocycles. The van der Waals surface area contributed by atoms with Gasteiger partial charge >= 0.3 is 0 Å². The van der Waals surface area contributed by atoms with Crippen molar-refractivity contribution in [1.82, 2.24) is 15.0 Å². The number of nitrogens with zero attached hydrogens (tertiary/aromatic N) is 4. The molecule has 1 saturated heterocycles. The van der Waals surface area contributed by atoms with Gasteiger partial charge in [-0.2, -0.15) is 0 Å². The summed E-state index contributed by atoms with van der Waals surface area (Å²) >= 11 is 5.67. The number of halogens is 2. The van der Waals surface area contributed by atoms with Crippen molar-refractivity contribution in [1.29, 1.82) is 0 Å². The molecule has 2 heterocycles. The molecule has 1 unspecified atom stereocenters. The van der Waals surface area contributed by atoms with E-state index in [-0.39, 0.29) is 10.9 Å². The zero-order chi connectivity index (χ0) is 15.7. The van der Waals surface area contributed by atoms with Crippen LogP contribution in [0.4, 0.5) is 10.1 Å². The van der Waals surface area contributed by atoms with E-state index in [0.29, 0.717) is 31.0 Å². The number of carbonyl (C=O) groups is 1. The van der Waals surface area contributed by atoms with Gasteiger partial charge in [0.2, 0.25) is 0 Å². The van der Waals surface area contributed by atoms with Gasteiger partial charge in [0.05, 0.1) is 17.8 Å². The molecule has 116 valence electrons. The molecule has 1 fully saturated rings. The Balaban J connectivity index is 1.80. The molecule has 1 aromatic carbocycles. The van der Waals surface area contributed by atoms with Crippen molar-refractivity contribution in [3.05, 3.63) is 40.9 Å². The topological polar surface area (TPSA) is 60.2 Å². The molecule has 1 aliphatic heterocycles. The lowest BCUT2D eigenvalue weighted by Gasteiger charge is -2.17. The number of ether oxygens (including phenoxy) is 1. The number of carbonyl (C=O) groups excluding carboxylic acids is 1. The van der Waals surface area contributed by atoms with Gasteiger partial charge < -0.3 is 9.64 Å². The maximum absolute atomic E-state index is 13.6. The van der Waals surface area contributed by atoms with Crippen molar-refractivity contribution in [3.8, 4) is 0 Å². The van der Waals surface area contributed by atoms with Crippen LogP contribution in [0.1, 0.15) is 18.2 Å². The van der Waals surface area contributed by atoms with Crippen LogP contribution in [0.2, 0.25) is 5.02 Å². The van der Waals surface area contributed by atoms with Crippen LogP contribution in [0.3, 0.4) is 0 Å². The van der Waals surface area contributed by atoms with Gasteiger partial charge in [-0.05, 0) is 24.6 Å². The molecule has 3 rings (SSSR count). The van der Waals surface area contributed by atoms with Gasteiger partial charge in [0, 0.05) is 19.3 Å². The molecule has 0 aliphatic carbocycles. The highest BCUT2D eigenvalue weighted by Crippen LogP contribution is 2.30. The summed E-state index contributed by atoms with van der Waals surface area (Å²) in [6.07, 6.45) is 2.27. The Hall–Kier alpha value is -1.99. The van der Waals surface area contributed by atoms with Crippen LogP contribution >= 0.6 is 11.6 Å². The summed E-state index contributed by atoms with van der Waals surface area (Å²) in [5.74, 6) is -0.686. The Morgan fingerprint density at radius 2 is 2.32 bits per heavy atom. The molecule has 0 bridgehead atoms. The van der Waals surface area contributed by atoms with Crippen molar-refractivity contribution >= 4 is 23.2 Å². The summed E-state index contributed by atoms with van der Waals surface area (Å²) in [5, 5.41) is 7.95. The summed E-state index contributed by atoms with van der Waals surface area (Å²) in [7, 11) is 1.57. The second-order valence-corrected chi connectivity index (χ2v) is 5.42. The number of benzene rings is 1. The highest BCUT2D eigenvalue weighted by molar-refractivity contribution is 6.30. The van der Waals surface area contributed by atoms with E-state index in [4.69, 9.17) is 16.3 Å². The lowest BCUT2D eigenvalue weighted by Crippen LogP contribution is -2.28. The van der Waals surface area contributed by atoms with Gasteiger partial charge in [0.1, 0.15) is 17.6 Å². The van der Waals surface area contributed by atoms with E-state index in [0.717, 1.165) is 0 Å². The first-order valence-electron chi connectivity index (χ1n) is 6.76. The normalized spacial score (nSPS) is 18.2. The van der Waals surface area contributed by atoms with Crippen molar-refractivity contribution in [3.63, 3.8) is 0 Å². The van der Waals surface area contributed by atoms with Crippen LogP contribution in [0.5, 0.6) is 0 Å². The first-order chi connectivity index (χ1) is 10.6. The number of hydrogen-bond acceptors (Lipinski definition) is 4. The molecular formula is C14H14ClFN4O2. The third-order valence-electron chi connectivity index (χ3n) is 3.56. The number of aromatic nitrogens is 3. The zero-order valence-electron chi connectivity index (χ0n) is 11.9. The standard InChI is InChI=1S/C14H14ClFN4O2/c1-22-8-9-7-20(18-17-9)13-4-5-19(14(13)21)10-2-3-11(15)12(16)6-10/h2-3,6-7,13H,4-5,8H2,1H3. The van der Waals surface area contributed by atoms with Crippen LogP contribution in [-0.2, 0) is 16.1 Å². The van der Waals surface area contributed by atoms with Crippen LogP contribution in [0, 0.1) is 5.82 Å². The number of rotatable bonds is 4. The number of methoxy groups -OCH3 is 1. The summed E-state index contributed by atoms with van der Waals surface area (Å²) < 4.78 is 20.1. The maximum Gasteiger partial charge on any atom is 0.251 e. The minimum absolute atomic E-state index is 0.0347. The minimum atomic E-state index is -0.543. The van der Waals surface area contributed by atoms with Crippen LogP contribution in [-0.4, -0.2) is 34.6 Å². The van der Waals surface area contributed by atoms with Gasteiger partial charge in [-0.3, -0.25) is 4.79 Å². The van der Waals surface area contributed by atoms with E-state index in [1.807, 2.05) is 0 Å². The number of amides is 1. The lowest BCUT2D eigenvalue weighted by molar-refractivity contribution is -0.120. The molecule has 6 nitrogen and oxygen atoms in total. The van der Waals surface area contributed by atoms with Crippen molar-refractivity contribution in [2.75, 3.05) is 18.6 Å². The molecule has 0 radical (unpaired) electrons. The molecule has 2 aromatic rings. The largest absolute Gasteiger partial charge is 0.378 e. The van der Waals surface area contributed by atoms with Gasteiger partial charge in [0.15, 0.2) is 0 Å². The number of hydrogen-bond donors (Lipinski definition) is 0. The molecule has 1 aliphatic rings. The summed E-state index contributed by atoms with van der Waals surface area (Å²) in [6, 6.07) is 3.90. The summed E-state index contributed by atoms with van der Waals surface area (Å²) in [4.78, 5) is 14.0. The predicted molar refractivity (Wildman–Crippen MR) is 78.2 cm³/mol. The maximum atomic E-state index is 13.6. The summed E-state index contributed by atoms with van der Waals surface area (Å²) in [5.41, 5.74) is 1.15. The minimum Gasteiger partial charge on any atom is -0.378 e. The fraction of sp³-hybridized carbons (Fsp3) is 0.357. The fourth-order valence-corrected chi connectivity index (χ4v) is 2.62. The Morgan fingerprint density at radius 3 is 3.05 bits per heavy atom. The van der Waals surface area contributed by atoms with Crippen LogP contribution in [0.25, 0.3) is 0 Å². The predicted octanol–water partition coefficient (Wildman–Crippen LogP) is 2.20. The van der Waals surface area contributed by atoms with Crippen molar-refractivity contribution in [2.45, 2.75) is 19.1 Å². The average Bonchev–Trinajstić information content (AvgIpc) is 3.09. The second kappa shape index (κ2) is 6.02. The molecule has 1 amide bonds. The van der Waals surface area contributed by atoms with Gasteiger partial charge in [-0.25, -0.2) is 9.07 Å². The summed E-state index contributed by atoms with van der Waals surface area (Å²) in [6.45, 7) is 0.830. The quantitative estimate of drug-likeness (QED) is 0.865. The van der Waals surface area contributed by atoms with E-state index in [9.17, 15) is 9.18 Å². The molecule has 0 spiro atoms.